The molecule has 0 radical (unpaired) electrons. The van der Waals surface area contributed by atoms with Crippen molar-refractivity contribution in [2.24, 2.45) is 0 Å². The maximum absolute atomic E-state index is 10.9. The Morgan fingerprint density at radius 1 is 1.36 bits per heavy atom. The molecule has 0 fully saturated rings. The van der Waals surface area contributed by atoms with Crippen LogP contribution >= 0.6 is 0 Å². The Morgan fingerprint density at radius 3 is 2.79 bits per heavy atom. The van der Waals surface area contributed by atoms with Gasteiger partial charge in [0.15, 0.2) is 5.78 Å². The van der Waals surface area contributed by atoms with Gasteiger partial charge in [-0.1, -0.05) is 6.07 Å². The first-order valence-corrected chi connectivity index (χ1v) is 4.46. The number of carbonyl (C=O) groups excluding carboxylic acids is 1. The van der Waals surface area contributed by atoms with E-state index in [0.29, 0.717) is 0 Å². The fraction of sp³-hybridized carbons (Fsp3) is 0.300. The van der Waals surface area contributed by atoms with E-state index in [-0.39, 0.29) is 12.3 Å². The van der Waals surface area contributed by atoms with Gasteiger partial charge >= 0.3 is 0 Å². The van der Waals surface area contributed by atoms with Crippen LogP contribution in [0.2, 0.25) is 0 Å². The van der Waals surface area contributed by atoms with Gasteiger partial charge in [-0.15, -0.1) is 0 Å². The number of hydrogen-bond donors (Lipinski definition) is 0. The van der Waals surface area contributed by atoms with E-state index < -0.39 is 0 Å². The fourth-order valence-corrected chi connectivity index (χ4v) is 1.34. The monoisotopic (exact) mass is 189 g/mol. The molecular weight excluding hydrogens is 178 g/mol. The largest absolute Gasteiger partial charge is 0.298 e. The molecule has 4 heteroatoms. The lowest BCUT2D eigenvalue weighted by Gasteiger charge is -1.91. The molecule has 0 saturated heterocycles. The second-order valence-electron chi connectivity index (χ2n) is 3.42. The van der Waals surface area contributed by atoms with Gasteiger partial charge in [-0.05, 0) is 31.5 Å². The summed E-state index contributed by atoms with van der Waals surface area (Å²) in [6.45, 7) is 3.77. The molecular formula is C10H11N3O. The third-order valence-corrected chi connectivity index (χ3v) is 1.94. The van der Waals surface area contributed by atoms with E-state index in [2.05, 4.69) is 10.2 Å². The molecule has 0 aliphatic heterocycles. The van der Waals surface area contributed by atoms with Crippen molar-refractivity contribution in [2.45, 2.75) is 20.4 Å². The molecule has 0 unspecified atom stereocenters. The van der Waals surface area contributed by atoms with Gasteiger partial charge in [-0.2, -0.15) is 15.0 Å². The number of fused-ring (bicyclic) bond motifs is 1. The third kappa shape index (κ3) is 1.64. The predicted octanol–water partition coefficient (Wildman–Crippen LogP) is 1.33. The number of hydrogen-bond acceptors (Lipinski definition) is 3. The average molecular weight is 189 g/mol. The van der Waals surface area contributed by atoms with Crippen molar-refractivity contribution >= 4 is 16.8 Å². The van der Waals surface area contributed by atoms with Gasteiger partial charge in [0.1, 0.15) is 17.6 Å². The quantitative estimate of drug-likeness (QED) is 0.716. The van der Waals surface area contributed by atoms with Gasteiger partial charge in [-0.25, -0.2) is 0 Å². The molecule has 4 nitrogen and oxygen atoms in total. The summed E-state index contributed by atoms with van der Waals surface area (Å²) in [4.78, 5) is 12.3. The zero-order valence-electron chi connectivity index (χ0n) is 8.19. The first-order valence-electron chi connectivity index (χ1n) is 4.46. The van der Waals surface area contributed by atoms with E-state index in [0.717, 1.165) is 16.6 Å². The molecule has 72 valence electrons. The molecule has 0 amide bonds. The van der Waals surface area contributed by atoms with Crippen molar-refractivity contribution in [3.8, 4) is 0 Å². The zero-order chi connectivity index (χ0) is 10.1. The van der Waals surface area contributed by atoms with Gasteiger partial charge in [0, 0.05) is 0 Å². The molecule has 1 aromatic heterocycles. The minimum Gasteiger partial charge on any atom is -0.298 e. The lowest BCUT2D eigenvalue weighted by Crippen LogP contribution is -2.08. The third-order valence-electron chi connectivity index (χ3n) is 1.94. The van der Waals surface area contributed by atoms with E-state index >= 15 is 0 Å². The summed E-state index contributed by atoms with van der Waals surface area (Å²) in [5, 5.41) is 8.38. The number of ketones is 1. The Bertz CT molecular complexity index is 487. The molecule has 0 aliphatic rings. The van der Waals surface area contributed by atoms with E-state index in [1.807, 2.05) is 25.1 Å². The van der Waals surface area contributed by atoms with Gasteiger partial charge < -0.3 is 0 Å². The van der Waals surface area contributed by atoms with Crippen molar-refractivity contribution < 1.29 is 4.79 Å². The van der Waals surface area contributed by atoms with Crippen LogP contribution in [0, 0.1) is 6.92 Å². The highest BCUT2D eigenvalue weighted by molar-refractivity contribution is 5.77. The summed E-state index contributed by atoms with van der Waals surface area (Å²) in [5.41, 5.74) is 2.82. The number of Topliss-reactive ketones (excluding diaryl/α,β-unsaturated/α-hetero) is 1. The Hall–Kier alpha value is -1.71. The predicted molar refractivity (Wildman–Crippen MR) is 52.9 cm³/mol. The van der Waals surface area contributed by atoms with Crippen LogP contribution < -0.4 is 0 Å². The highest BCUT2D eigenvalue weighted by Crippen LogP contribution is 2.10. The molecule has 1 aromatic carbocycles. The molecule has 2 rings (SSSR count). The van der Waals surface area contributed by atoms with Gasteiger partial charge in [-0.3, -0.25) is 4.79 Å². The Morgan fingerprint density at radius 2 is 2.07 bits per heavy atom. The van der Waals surface area contributed by atoms with Crippen molar-refractivity contribution in [3.63, 3.8) is 0 Å². The van der Waals surface area contributed by atoms with Crippen molar-refractivity contribution in [1.29, 1.82) is 0 Å². The van der Waals surface area contributed by atoms with Crippen molar-refractivity contribution in [2.75, 3.05) is 0 Å². The summed E-state index contributed by atoms with van der Waals surface area (Å²) < 4.78 is 0. The Kier molecular flexibility index (Phi) is 2.04. The molecule has 0 atom stereocenters. The number of aryl methyl sites for hydroxylation is 1. The van der Waals surface area contributed by atoms with Crippen molar-refractivity contribution in [1.82, 2.24) is 15.0 Å². The molecule has 1 heterocycles. The maximum Gasteiger partial charge on any atom is 0.153 e. The van der Waals surface area contributed by atoms with E-state index in [1.54, 1.807) is 0 Å². The highest BCUT2D eigenvalue weighted by atomic mass is 16.1. The molecule has 2 aromatic rings. The fourth-order valence-electron chi connectivity index (χ4n) is 1.34. The molecule has 0 N–H and O–H groups in total. The van der Waals surface area contributed by atoms with Crippen LogP contribution in [0.1, 0.15) is 12.5 Å². The van der Waals surface area contributed by atoms with Gasteiger partial charge in [0.05, 0.1) is 0 Å². The van der Waals surface area contributed by atoms with Crippen LogP contribution in [0.5, 0.6) is 0 Å². The highest BCUT2D eigenvalue weighted by Gasteiger charge is 2.03. The minimum atomic E-state index is 0.0574. The SMILES string of the molecule is CC(=O)Cn1nc2ccc(C)cc2n1. The second-order valence-corrected chi connectivity index (χ2v) is 3.42. The lowest BCUT2D eigenvalue weighted by molar-refractivity contribution is -0.117. The van der Waals surface area contributed by atoms with Crippen LogP contribution in [0.3, 0.4) is 0 Å². The van der Waals surface area contributed by atoms with Gasteiger partial charge in [0.25, 0.3) is 0 Å². The minimum absolute atomic E-state index is 0.0574. The van der Waals surface area contributed by atoms with Crippen LogP contribution in [0.4, 0.5) is 0 Å². The molecule has 0 bridgehead atoms. The standard InChI is InChI=1S/C10H11N3O/c1-7-3-4-9-10(5-7)12-13(11-9)6-8(2)14/h3-5H,6H2,1-2H3. The maximum atomic E-state index is 10.9. The van der Waals surface area contributed by atoms with Crippen molar-refractivity contribution in [3.05, 3.63) is 23.8 Å². The normalized spacial score (nSPS) is 10.7. The molecule has 14 heavy (non-hydrogen) atoms. The first-order chi connectivity index (χ1) is 6.65. The summed E-state index contributed by atoms with van der Waals surface area (Å²) >= 11 is 0. The summed E-state index contributed by atoms with van der Waals surface area (Å²) in [7, 11) is 0. The smallest absolute Gasteiger partial charge is 0.153 e. The van der Waals surface area contributed by atoms with Crippen LogP contribution in [0.25, 0.3) is 11.0 Å². The Balaban J connectivity index is 2.46. The molecule has 0 aliphatic carbocycles. The second kappa shape index (κ2) is 3.21. The Labute approximate surface area is 81.5 Å². The van der Waals surface area contributed by atoms with E-state index in [1.165, 1.54) is 11.7 Å². The topological polar surface area (TPSA) is 47.8 Å². The van der Waals surface area contributed by atoms with E-state index in [4.69, 9.17) is 0 Å². The van der Waals surface area contributed by atoms with Gasteiger partial charge in [0.2, 0.25) is 0 Å². The number of carbonyl (C=O) groups is 1. The first kappa shape index (κ1) is 8.87. The number of rotatable bonds is 2. The summed E-state index contributed by atoms with van der Waals surface area (Å²) in [6.07, 6.45) is 0. The van der Waals surface area contributed by atoms with Crippen LogP contribution in [-0.2, 0) is 11.3 Å². The average Bonchev–Trinajstić information content (AvgIpc) is 2.44. The molecule has 0 spiro atoms. The lowest BCUT2D eigenvalue weighted by atomic mass is 10.2. The van der Waals surface area contributed by atoms with E-state index in [9.17, 15) is 4.79 Å². The number of aromatic nitrogens is 3. The van der Waals surface area contributed by atoms with Crippen LogP contribution in [0.15, 0.2) is 18.2 Å². The molecule has 0 saturated carbocycles. The summed E-state index contributed by atoms with van der Waals surface area (Å²) in [6, 6.07) is 5.85. The zero-order valence-corrected chi connectivity index (χ0v) is 8.19. The summed E-state index contributed by atoms with van der Waals surface area (Å²) in [5.74, 6) is 0.0574. The van der Waals surface area contributed by atoms with Crippen LogP contribution in [-0.4, -0.2) is 20.8 Å². The number of benzene rings is 1. The number of nitrogens with zero attached hydrogens (tertiary/aromatic N) is 3.